The molecule has 1 rings (SSSR count). The molecule has 0 heterocycles. The van der Waals surface area contributed by atoms with Crippen LogP contribution in [-0.4, -0.2) is 56.7 Å². The third-order valence-electron chi connectivity index (χ3n) is 2.84. The number of hydrogen-bond acceptors (Lipinski definition) is 3. The molecule has 1 aliphatic carbocycles. The molecule has 1 saturated carbocycles. The Labute approximate surface area is 100 Å². The zero-order valence-electron chi connectivity index (χ0n) is 7.93. The van der Waals surface area contributed by atoms with Gasteiger partial charge in [-0.1, -0.05) is 0 Å². The van der Waals surface area contributed by atoms with Crippen molar-refractivity contribution in [3.05, 3.63) is 0 Å². The van der Waals surface area contributed by atoms with E-state index in [9.17, 15) is 13.2 Å². The summed E-state index contributed by atoms with van der Waals surface area (Å²) in [4.78, 5) is 10.9. The van der Waals surface area contributed by atoms with E-state index in [4.69, 9.17) is 9.66 Å². The topological polar surface area (TPSA) is 91.7 Å². The second kappa shape index (κ2) is 4.09. The third-order valence-corrected chi connectivity index (χ3v) is 5.36. The predicted octanol–water partition coefficient (Wildman–Crippen LogP) is 0.229. The van der Waals surface area contributed by atoms with Gasteiger partial charge in [-0.3, -0.25) is 0 Å². The molecule has 0 amide bonds. The predicted molar refractivity (Wildman–Crippen MR) is 49.9 cm³/mol. The van der Waals surface area contributed by atoms with Crippen molar-refractivity contribution in [3.8, 4) is 0 Å². The number of carboxylic acid groups (broad SMARTS) is 1. The molecule has 0 bridgehead atoms. The molecule has 14 heavy (non-hydrogen) atoms. The third kappa shape index (κ3) is 2.14. The first kappa shape index (κ1) is 12.4. The fourth-order valence-electron chi connectivity index (χ4n) is 2.04. The summed E-state index contributed by atoms with van der Waals surface area (Å²) in [5, 5.41) is 8.92. The van der Waals surface area contributed by atoms with Crippen molar-refractivity contribution in [3.63, 3.8) is 0 Å². The van der Waals surface area contributed by atoms with Gasteiger partial charge in [-0.2, -0.15) is 0 Å². The normalized spacial score (nSPS) is 34.1. The molecule has 0 aromatic rings. The number of carboxylic acids is 1. The van der Waals surface area contributed by atoms with Gasteiger partial charge in [-0.05, 0) is 0 Å². The van der Waals surface area contributed by atoms with Gasteiger partial charge >= 0.3 is 100 Å². The first-order valence-electron chi connectivity index (χ1n) is 4.50. The standard InChI is InChI=1S/C7H11O5S.Na/c8-6(9)7(13(10,11)12)4-2-1-3-5-7;/h2H,1,3-5H2,(H,8,9)(H,10,11,12);. The van der Waals surface area contributed by atoms with Crippen molar-refractivity contribution in [1.29, 1.82) is 0 Å². The summed E-state index contributed by atoms with van der Waals surface area (Å²) in [6.45, 7) is 0. The Morgan fingerprint density at radius 1 is 1.50 bits per heavy atom. The zero-order chi connectivity index (χ0) is 11.0. The minimum absolute atomic E-state index is 0.0277. The second-order valence-electron chi connectivity index (χ2n) is 3.98. The molecule has 2 atom stereocenters. The van der Waals surface area contributed by atoms with Gasteiger partial charge in [0.15, 0.2) is 0 Å². The van der Waals surface area contributed by atoms with E-state index in [0.29, 0.717) is 6.42 Å². The molecule has 0 radical (unpaired) electrons. The SMILES string of the molecule is O=C(O)C1(S(=O)(=O)O)CCC[CH]([Na])C1. The van der Waals surface area contributed by atoms with Crippen LogP contribution in [0.5, 0.6) is 0 Å². The van der Waals surface area contributed by atoms with Crippen molar-refractivity contribution >= 4 is 44.0 Å². The van der Waals surface area contributed by atoms with E-state index >= 15 is 0 Å². The first-order valence-corrected chi connectivity index (χ1v) is 7.09. The molecule has 2 unspecified atom stereocenters. The van der Waals surface area contributed by atoms with Crippen molar-refractivity contribution in [1.82, 2.24) is 0 Å². The Morgan fingerprint density at radius 2 is 2.07 bits per heavy atom. The van der Waals surface area contributed by atoms with Crippen LogP contribution in [0.3, 0.4) is 0 Å². The van der Waals surface area contributed by atoms with Crippen LogP contribution in [0.15, 0.2) is 0 Å². The molecular formula is C7H11NaO5S. The molecule has 7 heteroatoms. The van der Waals surface area contributed by atoms with Gasteiger partial charge in [0.2, 0.25) is 0 Å². The van der Waals surface area contributed by atoms with Crippen molar-refractivity contribution < 1.29 is 22.9 Å². The van der Waals surface area contributed by atoms with E-state index in [-0.39, 0.29) is 16.0 Å². The van der Waals surface area contributed by atoms with Crippen LogP contribution in [-0.2, 0) is 14.9 Å². The van der Waals surface area contributed by atoms with Crippen molar-refractivity contribution in [2.24, 2.45) is 0 Å². The summed E-state index contributed by atoms with van der Waals surface area (Å²) >= 11 is 0.763. The Hall–Kier alpha value is 0.380. The van der Waals surface area contributed by atoms with Crippen LogP contribution in [0.25, 0.3) is 0 Å². The molecule has 5 nitrogen and oxygen atoms in total. The summed E-state index contributed by atoms with van der Waals surface area (Å²) < 4.78 is 29.4. The van der Waals surface area contributed by atoms with E-state index in [0.717, 1.165) is 34.4 Å². The van der Waals surface area contributed by atoms with E-state index in [1.807, 2.05) is 0 Å². The van der Waals surface area contributed by atoms with E-state index in [1.165, 1.54) is 0 Å². The number of aliphatic carboxylic acids is 1. The number of carbonyl (C=O) groups is 1. The fourth-order valence-corrected chi connectivity index (χ4v) is 4.56. The van der Waals surface area contributed by atoms with Crippen molar-refractivity contribution in [2.45, 2.75) is 33.6 Å². The Bertz CT molecular complexity index is 338. The van der Waals surface area contributed by atoms with Crippen molar-refractivity contribution in [2.75, 3.05) is 0 Å². The summed E-state index contributed by atoms with van der Waals surface area (Å²) in [7, 11) is -4.50. The molecule has 0 saturated heterocycles. The van der Waals surface area contributed by atoms with Gasteiger partial charge in [0.05, 0.1) is 0 Å². The molecule has 0 aliphatic heterocycles. The zero-order valence-corrected chi connectivity index (χ0v) is 10.7. The van der Waals surface area contributed by atoms with Gasteiger partial charge in [0, 0.05) is 0 Å². The molecule has 0 aromatic heterocycles. The number of hydrogen-bond donors (Lipinski definition) is 2. The monoisotopic (exact) mass is 230 g/mol. The summed E-state index contributed by atoms with van der Waals surface area (Å²) in [5.74, 6) is -1.42. The van der Waals surface area contributed by atoms with Crippen LogP contribution in [0.2, 0.25) is 3.17 Å². The Balaban J connectivity index is 3.11. The van der Waals surface area contributed by atoms with Gasteiger partial charge in [0.1, 0.15) is 0 Å². The number of rotatable bonds is 2. The minimum atomic E-state index is -4.50. The van der Waals surface area contributed by atoms with Crippen LogP contribution < -0.4 is 0 Å². The molecule has 0 aromatic carbocycles. The maximum atomic E-state index is 11.1. The summed E-state index contributed by atoms with van der Waals surface area (Å²) in [6, 6.07) is 0. The quantitative estimate of drug-likeness (QED) is 0.523. The van der Waals surface area contributed by atoms with E-state index in [2.05, 4.69) is 0 Å². The first-order chi connectivity index (χ1) is 6.29. The molecule has 76 valence electrons. The van der Waals surface area contributed by atoms with E-state index in [1.54, 1.807) is 0 Å². The molecule has 2 N–H and O–H groups in total. The van der Waals surface area contributed by atoms with Gasteiger partial charge in [-0.25, -0.2) is 0 Å². The molecule has 1 aliphatic rings. The van der Waals surface area contributed by atoms with Crippen LogP contribution in [0.1, 0.15) is 25.7 Å². The Kier molecular flexibility index (Phi) is 3.64. The molecule has 1 fully saturated rings. The van der Waals surface area contributed by atoms with Crippen LogP contribution in [0.4, 0.5) is 0 Å². The second-order valence-corrected chi connectivity index (χ2v) is 7.34. The van der Waals surface area contributed by atoms with Gasteiger partial charge < -0.3 is 0 Å². The molecular weight excluding hydrogens is 219 g/mol. The van der Waals surface area contributed by atoms with Crippen LogP contribution in [0, 0.1) is 0 Å². The summed E-state index contributed by atoms with van der Waals surface area (Å²) in [6.07, 6.45) is 1.52. The van der Waals surface area contributed by atoms with Gasteiger partial charge in [0.25, 0.3) is 0 Å². The Morgan fingerprint density at radius 3 is 2.36 bits per heavy atom. The maximum absolute atomic E-state index is 11.1. The van der Waals surface area contributed by atoms with E-state index < -0.39 is 20.8 Å². The average molecular weight is 230 g/mol. The molecule has 0 spiro atoms. The summed E-state index contributed by atoms with van der Waals surface area (Å²) in [5.41, 5.74) is 0. The average Bonchev–Trinajstić information content (AvgIpc) is 2.01. The fraction of sp³-hybridized carbons (Fsp3) is 0.857. The van der Waals surface area contributed by atoms with Crippen LogP contribution >= 0.6 is 0 Å². The van der Waals surface area contributed by atoms with Gasteiger partial charge in [-0.15, -0.1) is 0 Å².